The van der Waals surface area contributed by atoms with Gasteiger partial charge in [-0.25, -0.2) is 4.79 Å². The maximum Gasteiger partial charge on any atom is 0.323 e. The van der Waals surface area contributed by atoms with Crippen molar-refractivity contribution in [2.45, 2.75) is 32.2 Å². The van der Waals surface area contributed by atoms with Gasteiger partial charge >= 0.3 is 6.03 Å². The van der Waals surface area contributed by atoms with E-state index in [0.717, 1.165) is 35.4 Å². The van der Waals surface area contributed by atoms with E-state index >= 15 is 0 Å². The maximum atomic E-state index is 12.5. The molecule has 0 aromatic heterocycles. The molecule has 1 unspecified atom stereocenters. The summed E-state index contributed by atoms with van der Waals surface area (Å²) in [6.07, 6.45) is 2.11. The highest BCUT2D eigenvalue weighted by Crippen LogP contribution is 2.29. The summed E-state index contributed by atoms with van der Waals surface area (Å²) >= 11 is 0. The molecule has 152 valence electrons. The molecule has 0 fully saturated rings. The van der Waals surface area contributed by atoms with Gasteiger partial charge in [0, 0.05) is 17.8 Å². The van der Waals surface area contributed by atoms with Crippen LogP contribution < -0.4 is 15.4 Å². The van der Waals surface area contributed by atoms with Crippen molar-refractivity contribution in [1.82, 2.24) is 0 Å². The molecule has 0 bridgehead atoms. The molecule has 0 heterocycles. The van der Waals surface area contributed by atoms with Crippen LogP contribution in [0.5, 0.6) is 11.5 Å². The number of ether oxygens (including phenoxy) is 1. The quantitative estimate of drug-likeness (QED) is 0.510. The normalized spacial score (nSPS) is 15.0. The Bertz CT molecular complexity index is 1050. The summed E-state index contributed by atoms with van der Waals surface area (Å²) in [6.45, 7) is 2.03. The molecule has 6 nitrogen and oxygen atoms in total. The van der Waals surface area contributed by atoms with Gasteiger partial charge in [0.05, 0.1) is 6.04 Å². The van der Waals surface area contributed by atoms with Crippen molar-refractivity contribution in [3.05, 3.63) is 88.3 Å². The number of rotatable bonds is 5. The van der Waals surface area contributed by atoms with E-state index in [1.807, 2.05) is 49.4 Å². The Balaban J connectivity index is 1.39. The van der Waals surface area contributed by atoms with Gasteiger partial charge in [-0.2, -0.15) is 4.91 Å². The van der Waals surface area contributed by atoms with Gasteiger partial charge in [0.15, 0.2) is 0 Å². The SMILES string of the molecule is Cc1ccc(Oc2ccc(NC(=O)Nc3cccc4c3CC(N=O)CC4)cc2)cc1. The molecule has 1 aliphatic carbocycles. The lowest BCUT2D eigenvalue weighted by atomic mass is 9.87. The molecule has 2 N–H and O–H groups in total. The van der Waals surface area contributed by atoms with Crippen LogP contribution in [0.2, 0.25) is 0 Å². The molecule has 6 heteroatoms. The zero-order valence-corrected chi connectivity index (χ0v) is 16.7. The Kier molecular flexibility index (Phi) is 5.75. The van der Waals surface area contributed by atoms with Gasteiger partial charge in [-0.05, 0) is 73.4 Å². The van der Waals surface area contributed by atoms with Gasteiger partial charge in [0.1, 0.15) is 11.5 Å². The zero-order valence-electron chi connectivity index (χ0n) is 16.7. The van der Waals surface area contributed by atoms with Gasteiger partial charge in [0.25, 0.3) is 0 Å². The second-order valence-corrected chi connectivity index (χ2v) is 7.46. The molecule has 3 aromatic rings. The minimum Gasteiger partial charge on any atom is -0.457 e. The smallest absolute Gasteiger partial charge is 0.323 e. The third-order valence-electron chi connectivity index (χ3n) is 5.23. The molecule has 0 radical (unpaired) electrons. The van der Waals surface area contributed by atoms with Crippen LogP contribution in [0.25, 0.3) is 0 Å². The minimum absolute atomic E-state index is 0.232. The fourth-order valence-electron chi connectivity index (χ4n) is 3.61. The number of nitrogens with zero attached hydrogens (tertiary/aromatic N) is 1. The Morgan fingerprint density at radius 1 is 0.967 bits per heavy atom. The lowest BCUT2D eigenvalue weighted by Gasteiger charge is -2.22. The van der Waals surface area contributed by atoms with Crippen LogP contribution in [-0.4, -0.2) is 12.1 Å². The predicted octanol–water partition coefficient (Wildman–Crippen LogP) is 6.06. The van der Waals surface area contributed by atoms with E-state index in [-0.39, 0.29) is 12.1 Å². The second-order valence-electron chi connectivity index (χ2n) is 7.46. The van der Waals surface area contributed by atoms with Crippen LogP contribution in [-0.2, 0) is 12.8 Å². The lowest BCUT2D eigenvalue weighted by Crippen LogP contribution is -2.23. The second kappa shape index (κ2) is 8.78. The summed E-state index contributed by atoms with van der Waals surface area (Å²) in [6, 6.07) is 20.2. The molecular weight excluding hydrogens is 378 g/mol. The molecule has 0 saturated carbocycles. The van der Waals surface area contributed by atoms with E-state index in [4.69, 9.17) is 4.74 Å². The van der Waals surface area contributed by atoms with Gasteiger partial charge in [-0.15, -0.1) is 0 Å². The number of hydrogen-bond donors (Lipinski definition) is 2. The Morgan fingerprint density at radius 3 is 2.37 bits per heavy atom. The number of anilines is 2. The number of fused-ring (bicyclic) bond motifs is 1. The van der Waals surface area contributed by atoms with E-state index < -0.39 is 0 Å². The number of urea groups is 1. The van der Waals surface area contributed by atoms with E-state index in [0.29, 0.717) is 17.9 Å². The molecule has 0 spiro atoms. The average Bonchev–Trinajstić information content (AvgIpc) is 2.76. The molecule has 1 atom stereocenters. The third-order valence-corrected chi connectivity index (χ3v) is 5.23. The number of nitrogens with one attached hydrogen (secondary N) is 2. The molecular formula is C24H23N3O3. The lowest BCUT2D eigenvalue weighted by molar-refractivity contribution is 0.262. The van der Waals surface area contributed by atoms with Crippen LogP contribution in [0, 0.1) is 11.8 Å². The summed E-state index contributed by atoms with van der Waals surface area (Å²) < 4.78 is 5.81. The van der Waals surface area contributed by atoms with E-state index in [1.54, 1.807) is 24.3 Å². The average molecular weight is 401 g/mol. The minimum atomic E-state index is -0.336. The largest absolute Gasteiger partial charge is 0.457 e. The van der Waals surface area contributed by atoms with Gasteiger partial charge in [-0.3, -0.25) is 0 Å². The first kappa shape index (κ1) is 19.6. The first-order valence-electron chi connectivity index (χ1n) is 9.96. The van der Waals surface area contributed by atoms with Crippen LogP contribution in [0.1, 0.15) is 23.1 Å². The fraction of sp³-hybridized carbons (Fsp3) is 0.208. The van der Waals surface area contributed by atoms with Crippen molar-refractivity contribution in [1.29, 1.82) is 0 Å². The van der Waals surface area contributed by atoms with E-state index in [9.17, 15) is 9.70 Å². The first-order chi connectivity index (χ1) is 14.6. The molecule has 0 aliphatic heterocycles. The summed E-state index contributed by atoms with van der Waals surface area (Å²) in [5.41, 5.74) is 4.69. The highest BCUT2D eigenvalue weighted by Gasteiger charge is 2.22. The van der Waals surface area contributed by atoms with E-state index in [2.05, 4.69) is 15.8 Å². The number of aryl methyl sites for hydroxylation is 2. The number of carbonyl (C=O) groups is 1. The van der Waals surface area contributed by atoms with Crippen molar-refractivity contribution in [2.75, 3.05) is 10.6 Å². The first-order valence-corrected chi connectivity index (χ1v) is 9.96. The number of nitroso groups, excluding NO2 is 1. The summed E-state index contributed by atoms with van der Waals surface area (Å²) in [7, 11) is 0. The topological polar surface area (TPSA) is 79.8 Å². The van der Waals surface area contributed by atoms with Crippen molar-refractivity contribution >= 4 is 17.4 Å². The van der Waals surface area contributed by atoms with Crippen molar-refractivity contribution < 1.29 is 9.53 Å². The molecule has 0 saturated heterocycles. The molecule has 3 aromatic carbocycles. The predicted molar refractivity (Wildman–Crippen MR) is 118 cm³/mol. The Labute approximate surface area is 175 Å². The van der Waals surface area contributed by atoms with Gasteiger partial charge < -0.3 is 15.4 Å². The molecule has 30 heavy (non-hydrogen) atoms. The van der Waals surface area contributed by atoms with E-state index in [1.165, 1.54) is 5.56 Å². The molecule has 2 amide bonds. The van der Waals surface area contributed by atoms with Gasteiger partial charge in [-0.1, -0.05) is 35.0 Å². The Morgan fingerprint density at radius 2 is 1.67 bits per heavy atom. The fourth-order valence-corrected chi connectivity index (χ4v) is 3.61. The maximum absolute atomic E-state index is 12.5. The zero-order chi connectivity index (χ0) is 20.9. The molecule has 4 rings (SSSR count). The number of carbonyl (C=O) groups excluding carboxylic acids is 1. The van der Waals surface area contributed by atoms with Crippen LogP contribution in [0.3, 0.4) is 0 Å². The van der Waals surface area contributed by atoms with Crippen LogP contribution in [0.15, 0.2) is 71.9 Å². The monoisotopic (exact) mass is 401 g/mol. The highest BCUT2D eigenvalue weighted by molar-refractivity contribution is 6.00. The summed E-state index contributed by atoms with van der Waals surface area (Å²) in [5.74, 6) is 1.45. The van der Waals surface area contributed by atoms with Crippen molar-refractivity contribution in [3.8, 4) is 11.5 Å². The van der Waals surface area contributed by atoms with Gasteiger partial charge in [0.2, 0.25) is 0 Å². The standard InChI is InChI=1S/C24H23N3O3/c1-16-5-11-20(12-6-16)30-21-13-9-18(10-14-21)25-24(28)26-23-4-2-3-17-7-8-19(27-29)15-22(17)23/h2-6,9-14,19H,7-8,15H2,1H3,(H2,25,26,28). The number of hydrogen-bond acceptors (Lipinski definition) is 4. The number of benzene rings is 3. The Hall–Kier alpha value is -3.67. The highest BCUT2D eigenvalue weighted by atomic mass is 16.5. The molecule has 1 aliphatic rings. The number of amides is 2. The van der Waals surface area contributed by atoms with Crippen LogP contribution >= 0.6 is 0 Å². The summed E-state index contributed by atoms with van der Waals surface area (Å²) in [4.78, 5) is 23.4. The third kappa shape index (κ3) is 4.66. The summed E-state index contributed by atoms with van der Waals surface area (Å²) in [5, 5.41) is 8.91. The van der Waals surface area contributed by atoms with Crippen molar-refractivity contribution in [3.63, 3.8) is 0 Å². The van der Waals surface area contributed by atoms with Crippen LogP contribution in [0.4, 0.5) is 16.2 Å². The van der Waals surface area contributed by atoms with Crippen molar-refractivity contribution in [2.24, 2.45) is 5.18 Å².